The first-order valence-corrected chi connectivity index (χ1v) is 8.41. The molecule has 1 atom stereocenters. The summed E-state index contributed by atoms with van der Waals surface area (Å²) in [5.74, 6) is -0.233. The fraction of sp³-hybridized carbons (Fsp3) is 0.111. The van der Waals surface area contributed by atoms with E-state index in [1.807, 2.05) is 12.1 Å². The molecule has 0 spiro atoms. The monoisotopic (exact) mass is 406 g/mol. The quantitative estimate of drug-likeness (QED) is 0.439. The molecule has 0 bridgehead atoms. The number of benzene rings is 3. The van der Waals surface area contributed by atoms with Gasteiger partial charge in [-0.3, -0.25) is 0 Å². The van der Waals surface area contributed by atoms with Crippen molar-refractivity contribution in [2.24, 2.45) is 0 Å². The highest BCUT2D eigenvalue weighted by molar-refractivity contribution is 9.10. The number of alkyl halides is 1. The van der Waals surface area contributed by atoms with E-state index in [1.165, 1.54) is 22.4 Å². The maximum atomic E-state index is 13.3. The topological polar surface area (TPSA) is 0 Å². The number of hydrogen-bond donors (Lipinski definition) is 0. The summed E-state index contributed by atoms with van der Waals surface area (Å²) >= 11 is 6.97. The molecule has 0 aliphatic carbocycles. The Bertz CT molecular complexity index is 778. The van der Waals surface area contributed by atoms with Gasteiger partial charge < -0.3 is 0 Å². The van der Waals surface area contributed by atoms with Crippen LogP contribution in [0.3, 0.4) is 0 Å². The highest BCUT2D eigenvalue weighted by Crippen LogP contribution is 2.32. The van der Waals surface area contributed by atoms with E-state index in [4.69, 9.17) is 0 Å². The van der Waals surface area contributed by atoms with Gasteiger partial charge in [0.2, 0.25) is 0 Å². The molecule has 3 aromatic carbocycles. The van der Waals surface area contributed by atoms with Gasteiger partial charge in [0.1, 0.15) is 5.82 Å². The normalized spacial score (nSPS) is 12.5. The Labute approximate surface area is 140 Å². The molecule has 3 rings (SSSR count). The van der Waals surface area contributed by atoms with Crippen LogP contribution in [0.1, 0.15) is 16.0 Å². The Morgan fingerprint density at radius 3 is 2.52 bits per heavy atom. The molecule has 3 aromatic rings. The number of rotatable bonds is 3. The molecular formula is C18H13Br2F. The summed E-state index contributed by atoms with van der Waals surface area (Å²) in [4.78, 5) is 0.153. The lowest BCUT2D eigenvalue weighted by Crippen LogP contribution is -1.97. The van der Waals surface area contributed by atoms with Gasteiger partial charge in [0.05, 0.1) is 4.47 Å². The SMILES string of the molecule is Fc1ccc(C(Br)Cc2cccc3ccccc23)cc1Br. The second-order valence-corrected chi connectivity index (χ2v) is 6.94. The zero-order chi connectivity index (χ0) is 14.8. The first-order valence-electron chi connectivity index (χ1n) is 6.71. The van der Waals surface area contributed by atoms with E-state index in [2.05, 4.69) is 74.3 Å². The van der Waals surface area contributed by atoms with E-state index in [-0.39, 0.29) is 10.6 Å². The zero-order valence-electron chi connectivity index (χ0n) is 11.2. The van der Waals surface area contributed by atoms with Crippen LogP contribution in [0.4, 0.5) is 4.39 Å². The van der Waals surface area contributed by atoms with Gasteiger partial charge in [0.25, 0.3) is 0 Å². The predicted octanol–water partition coefficient (Wildman–Crippen LogP) is 6.42. The third-order valence-electron chi connectivity index (χ3n) is 3.58. The van der Waals surface area contributed by atoms with Crippen LogP contribution >= 0.6 is 31.9 Å². The molecule has 0 aliphatic heterocycles. The smallest absolute Gasteiger partial charge is 0.137 e. The molecule has 0 amide bonds. The lowest BCUT2D eigenvalue weighted by Gasteiger charge is -2.13. The van der Waals surface area contributed by atoms with Crippen LogP contribution in [0, 0.1) is 5.82 Å². The minimum Gasteiger partial charge on any atom is -0.206 e. The Morgan fingerprint density at radius 1 is 0.952 bits per heavy atom. The molecule has 3 heteroatoms. The van der Waals surface area contributed by atoms with Crippen molar-refractivity contribution >= 4 is 42.6 Å². The Morgan fingerprint density at radius 2 is 1.71 bits per heavy atom. The van der Waals surface area contributed by atoms with Crippen LogP contribution in [0.15, 0.2) is 65.1 Å². The third-order valence-corrected chi connectivity index (χ3v) is 5.04. The van der Waals surface area contributed by atoms with E-state index < -0.39 is 0 Å². The average molecular weight is 408 g/mol. The molecule has 0 radical (unpaired) electrons. The first-order chi connectivity index (χ1) is 10.1. The van der Waals surface area contributed by atoms with Crippen LogP contribution in [0.25, 0.3) is 10.8 Å². The van der Waals surface area contributed by atoms with Gasteiger partial charge in [-0.05, 0) is 56.4 Å². The summed E-state index contributed by atoms with van der Waals surface area (Å²) in [6, 6.07) is 19.9. The molecule has 0 aromatic heterocycles. The van der Waals surface area contributed by atoms with E-state index in [1.54, 1.807) is 0 Å². The van der Waals surface area contributed by atoms with Crippen molar-refractivity contribution in [1.29, 1.82) is 0 Å². The average Bonchev–Trinajstić information content (AvgIpc) is 2.50. The first kappa shape index (κ1) is 14.7. The van der Waals surface area contributed by atoms with Crippen molar-refractivity contribution in [3.63, 3.8) is 0 Å². The minimum atomic E-state index is -0.233. The second-order valence-electron chi connectivity index (χ2n) is 4.98. The zero-order valence-corrected chi connectivity index (χ0v) is 14.4. The van der Waals surface area contributed by atoms with Crippen molar-refractivity contribution in [2.75, 3.05) is 0 Å². The van der Waals surface area contributed by atoms with E-state index in [9.17, 15) is 4.39 Å². The maximum absolute atomic E-state index is 13.3. The van der Waals surface area contributed by atoms with Crippen LogP contribution < -0.4 is 0 Å². The third kappa shape index (κ3) is 3.19. The number of halogens is 3. The van der Waals surface area contributed by atoms with Gasteiger partial charge in [0.15, 0.2) is 0 Å². The number of hydrogen-bond acceptors (Lipinski definition) is 0. The number of fused-ring (bicyclic) bond motifs is 1. The van der Waals surface area contributed by atoms with Crippen LogP contribution in [0.5, 0.6) is 0 Å². The Hall–Kier alpha value is -1.19. The largest absolute Gasteiger partial charge is 0.206 e. The fourth-order valence-electron chi connectivity index (χ4n) is 2.49. The molecule has 1 unspecified atom stereocenters. The summed E-state index contributed by atoms with van der Waals surface area (Å²) in [6.45, 7) is 0. The maximum Gasteiger partial charge on any atom is 0.137 e. The van der Waals surface area contributed by atoms with Crippen molar-refractivity contribution in [1.82, 2.24) is 0 Å². The summed E-state index contributed by atoms with van der Waals surface area (Å²) in [5, 5.41) is 2.51. The lowest BCUT2D eigenvalue weighted by atomic mass is 9.98. The Balaban J connectivity index is 1.92. The predicted molar refractivity (Wildman–Crippen MR) is 93.4 cm³/mol. The summed E-state index contributed by atoms with van der Waals surface area (Å²) < 4.78 is 13.8. The van der Waals surface area contributed by atoms with Gasteiger partial charge in [-0.1, -0.05) is 64.5 Å². The highest BCUT2D eigenvalue weighted by Gasteiger charge is 2.12. The molecule has 0 saturated carbocycles. The van der Waals surface area contributed by atoms with E-state index >= 15 is 0 Å². The molecule has 0 fully saturated rings. The van der Waals surface area contributed by atoms with E-state index in [0.717, 1.165) is 12.0 Å². The molecule has 0 aliphatic rings. The summed E-state index contributed by atoms with van der Waals surface area (Å²) in [5.41, 5.74) is 2.35. The van der Waals surface area contributed by atoms with Crippen LogP contribution in [-0.4, -0.2) is 0 Å². The molecule has 0 heterocycles. The Kier molecular flexibility index (Phi) is 4.41. The highest BCUT2D eigenvalue weighted by atomic mass is 79.9. The standard InChI is InChI=1S/C18H13Br2F/c19-16(14-8-9-18(21)17(20)11-14)10-13-6-3-5-12-4-1-2-7-15(12)13/h1-9,11,16H,10H2. The fourth-order valence-corrected chi connectivity index (χ4v) is 3.52. The molecular weight excluding hydrogens is 395 g/mol. The van der Waals surface area contributed by atoms with Crippen molar-refractivity contribution in [3.05, 3.63) is 82.1 Å². The van der Waals surface area contributed by atoms with Crippen LogP contribution in [-0.2, 0) is 6.42 Å². The minimum absolute atomic E-state index is 0.153. The molecule has 0 saturated heterocycles. The molecule has 106 valence electrons. The molecule has 21 heavy (non-hydrogen) atoms. The van der Waals surface area contributed by atoms with Crippen LogP contribution in [0.2, 0.25) is 0 Å². The van der Waals surface area contributed by atoms with Gasteiger partial charge in [-0.25, -0.2) is 4.39 Å². The van der Waals surface area contributed by atoms with Crippen molar-refractivity contribution in [3.8, 4) is 0 Å². The second kappa shape index (κ2) is 6.29. The van der Waals surface area contributed by atoms with Crippen molar-refractivity contribution < 1.29 is 4.39 Å². The van der Waals surface area contributed by atoms with Gasteiger partial charge >= 0.3 is 0 Å². The molecule has 0 N–H and O–H groups in total. The molecule has 0 nitrogen and oxygen atoms in total. The van der Waals surface area contributed by atoms with Gasteiger partial charge in [-0.15, -0.1) is 0 Å². The van der Waals surface area contributed by atoms with Crippen molar-refractivity contribution in [2.45, 2.75) is 11.2 Å². The lowest BCUT2D eigenvalue weighted by molar-refractivity contribution is 0.620. The summed E-state index contributed by atoms with van der Waals surface area (Å²) in [7, 11) is 0. The van der Waals surface area contributed by atoms with Gasteiger partial charge in [0, 0.05) is 4.83 Å². The van der Waals surface area contributed by atoms with Gasteiger partial charge in [-0.2, -0.15) is 0 Å². The van der Waals surface area contributed by atoms with E-state index in [0.29, 0.717) is 4.47 Å². The summed E-state index contributed by atoms with van der Waals surface area (Å²) in [6.07, 6.45) is 0.861.